The van der Waals surface area contributed by atoms with E-state index in [1.165, 1.54) is 37.9 Å². The molecule has 1 aliphatic rings. The molecule has 1 aliphatic heterocycles. The Kier molecular flexibility index (Phi) is 4.99. The fourth-order valence-electron chi connectivity index (χ4n) is 5.71. The van der Waals surface area contributed by atoms with Crippen LogP contribution in [0.25, 0.3) is 0 Å². The van der Waals surface area contributed by atoms with Gasteiger partial charge in [0.2, 0.25) is 0 Å². The fraction of sp³-hybridized carbons (Fsp3) is 0.0625. The molecule has 2 heteroatoms. The zero-order chi connectivity index (χ0) is 23.0. The minimum atomic E-state index is -3.53. The van der Waals surface area contributed by atoms with Crippen LogP contribution >= 0.6 is 6.83 Å². The van der Waals surface area contributed by atoms with Gasteiger partial charge < -0.3 is 0 Å². The average molecular weight is 459 g/mol. The fourth-order valence-corrected chi connectivity index (χ4v) is 11.8. The summed E-state index contributed by atoms with van der Waals surface area (Å²) in [5.74, 6) is 0. The van der Waals surface area contributed by atoms with E-state index >= 15 is 0 Å². The van der Waals surface area contributed by atoms with Gasteiger partial charge in [0.15, 0.2) is 0 Å². The van der Waals surface area contributed by atoms with E-state index in [1.54, 1.807) is 0 Å². The van der Waals surface area contributed by atoms with Crippen molar-refractivity contribution in [2.45, 2.75) is 13.0 Å². The summed E-state index contributed by atoms with van der Waals surface area (Å²) in [5, 5.41) is 4.99. The first-order chi connectivity index (χ1) is 16.8. The van der Waals surface area contributed by atoms with E-state index in [2.05, 4.69) is 146 Å². The van der Waals surface area contributed by atoms with Crippen LogP contribution in [-0.4, -0.2) is 0 Å². The van der Waals surface area contributed by atoms with Gasteiger partial charge in [-0.15, -0.1) is 0 Å². The van der Waals surface area contributed by atoms with Crippen molar-refractivity contribution in [3.05, 3.63) is 156 Å². The molecule has 1 nitrogen and oxygen atoms in total. The third-order valence-electron chi connectivity index (χ3n) is 7.21. The minimum absolute atomic E-state index is 0.157. The van der Waals surface area contributed by atoms with E-state index in [-0.39, 0.29) is 6.10 Å². The molecular weight excluding hydrogens is 431 g/mol. The van der Waals surface area contributed by atoms with Gasteiger partial charge in [-0.05, 0) is 0 Å². The van der Waals surface area contributed by atoms with Crippen LogP contribution in [0.15, 0.2) is 140 Å². The van der Waals surface area contributed by atoms with Crippen LogP contribution in [-0.2, 0) is 4.52 Å². The van der Waals surface area contributed by atoms with Crippen LogP contribution in [0.5, 0.6) is 0 Å². The van der Waals surface area contributed by atoms with Crippen molar-refractivity contribution in [2.75, 3.05) is 0 Å². The molecule has 1 heterocycles. The van der Waals surface area contributed by atoms with Crippen LogP contribution in [0.1, 0.15) is 22.8 Å². The second-order valence-electron chi connectivity index (χ2n) is 8.94. The number of benzene rings is 5. The van der Waals surface area contributed by atoms with Gasteiger partial charge in [0.05, 0.1) is 0 Å². The zero-order valence-corrected chi connectivity index (χ0v) is 20.1. The molecule has 0 aromatic heterocycles. The molecule has 0 N–H and O–H groups in total. The van der Waals surface area contributed by atoms with Crippen molar-refractivity contribution in [3.63, 3.8) is 0 Å². The van der Waals surface area contributed by atoms with E-state index in [1.807, 2.05) is 0 Å². The number of hydrogen-bond donors (Lipinski definition) is 0. The molecule has 6 rings (SSSR count). The zero-order valence-electron chi connectivity index (χ0n) is 19.2. The second-order valence-corrected chi connectivity index (χ2v) is 13.3. The molecule has 0 radical (unpaired) electrons. The quantitative estimate of drug-likeness (QED) is 0.292. The molecule has 0 aliphatic carbocycles. The first kappa shape index (κ1) is 21.1. The average Bonchev–Trinajstić information content (AvgIpc) is 3.24. The SMILES string of the molecule is Cc1ccccc1C1OP(c2ccccc2)(c2ccccc2)(c2ccccc2)c2ccccc21. The predicted octanol–water partition coefficient (Wildman–Crippen LogP) is 6.18. The van der Waals surface area contributed by atoms with Crippen LogP contribution < -0.4 is 21.2 Å². The Hall–Kier alpha value is -3.51. The topological polar surface area (TPSA) is 9.23 Å². The van der Waals surface area contributed by atoms with E-state index < -0.39 is 6.83 Å². The monoisotopic (exact) mass is 458 g/mol. The summed E-state index contributed by atoms with van der Waals surface area (Å²) in [5.41, 5.74) is 3.73. The molecule has 166 valence electrons. The van der Waals surface area contributed by atoms with Crippen LogP contribution in [0, 0.1) is 6.92 Å². The summed E-state index contributed by atoms with van der Waals surface area (Å²) in [6.45, 7) is -1.35. The van der Waals surface area contributed by atoms with Gasteiger partial charge in [-0.2, -0.15) is 0 Å². The molecule has 0 amide bonds. The van der Waals surface area contributed by atoms with Crippen molar-refractivity contribution in [2.24, 2.45) is 0 Å². The summed E-state index contributed by atoms with van der Waals surface area (Å²) in [6.07, 6.45) is -0.157. The van der Waals surface area contributed by atoms with Crippen molar-refractivity contribution in [1.29, 1.82) is 0 Å². The van der Waals surface area contributed by atoms with Gasteiger partial charge in [0.25, 0.3) is 0 Å². The van der Waals surface area contributed by atoms with Gasteiger partial charge >= 0.3 is 202 Å². The number of rotatable bonds is 4. The Morgan fingerprint density at radius 1 is 0.471 bits per heavy atom. The van der Waals surface area contributed by atoms with Crippen molar-refractivity contribution in [3.8, 4) is 0 Å². The Morgan fingerprint density at radius 3 is 1.38 bits per heavy atom. The molecule has 0 spiro atoms. The molecule has 0 fully saturated rings. The first-order valence-corrected chi connectivity index (χ1v) is 13.9. The Morgan fingerprint density at radius 2 is 0.882 bits per heavy atom. The molecule has 1 unspecified atom stereocenters. The molecule has 0 saturated heterocycles. The van der Waals surface area contributed by atoms with E-state index in [4.69, 9.17) is 4.52 Å². The Bertz CT molecular complexity index is 1350. The van der Waals surface area contributed by atoms with E-state index in [9.17, 15) is 0 Å². The summed E-state index contributed by atoms with van der Waals surface area (Å²) in [7, 11) is 0. The van der Waals surface area contributed by atoms with E-state index in [0.29, 0.717) is 0 Å². The second kappa shape index (κ2) is 8.06. The van der Waals surface area contributed by atoms with Gasteiger partial charge in [-0.25, -0.2) is 0 Å². The summed E-state index contributed by atoms with van der Waals surface area (Å²) < 4.78 is 7.76. The number of hydrogen-bond acceptors (Lipinski definition) is 1. The van der Waals surface area contributed by atoms with Crippen molar-refractivity contribution >= 4 is 28.0 Å². The van der Waals surface area contributed by atoms with Gasteiger partial charge in [0.1, 0.15) is 0 Å². The number of aryl methyl sites for hydroxylation is 1. The molecule has 5 aromatic carbocycles. The Labute approximate surface area is 201 Å². The van der Waals surface area contributed by atoms with Gasteiger partial charge in [0, 0.05) is 0 Å². The van der Waals surface area contributed by atoms with Crippen molar-refractivity contribution in [1.82, 2.24) is 0 Å². The Balaban J connectivity index is 1.83. The molecule has 34 heavy (non-hydrogen) atoms. The normalized spacial score (nSPS) is 19.0. The van der Waals surface area contributed by atoms with Crippen LogP contribution in [0.2, 0.25) is 0 Å². The maximum absolute atomic E-state index is 7.76. The molecular formula is C32H27OP. The molecule has 0 bridgehead atoms. The van der Waals surface area contributed by atoms with Gasteiger partial charge in [-0.3, -0.25) is 0 Å². The summed E-state index contributed by atoms with van der Waals surface area (Å²) in [4.78, 5) is 0. The predicted molar refractivity (Wildman–Crippen MR) is 145 cm³/mol. The molecule has 5 aromatic rings. The summed E-state index contributed by atoms with van der Waals surface area (Å²) >= 11 is 0. The summed E-state index contributed by atoms with van der Waals surface area (Å²) in [6, 6.07) is 50.2. The molecule has 0 saturated carbocycles. The molecule has 1 atom stereocenters. The first-order valence-electron chi connectivity index (χ1n) is 11.8. The standard InChI is InChI=1S/C32H27OP/c1-25-15-11-12-22-29(25)32-30-23-13-14-24-31(30)34(33-32,26-16-5-2-6-17-26,27-18-7-3-8-19-27)28-20-9-4-10-21-28/h2-24,32H,1H3. The van der Waals surface area contributed by atoms with Gasteiger partial charge in [-0.1, -0.05) is 0 Å². The van der Waals surface area contributed by atoms with Crippen LogP contribution in [0.3, 0.4) is 0 Å². The van der Waals surface area contributed by atoms with E-state index in [0.717, 1.165) is 0 Å². The van der Waals surface area contributed by atoms with Crippen LogP contribution in [0.4, 0.5) is 0 Å². The van der Waals surface area contributed by atoms with Crippen molar-refractivity contribution < 1.29 is 4.52 Å². The maximum atomic E-state index is 7.76. The third-order valence-corrected chi connectivity index (χ3v) is 13.0. The number of fused-ring (bicyclic) bond motifs is 1. The third kappa shape index (κ3) is 2.75.